The fourth-order valence-corrected chi connectivity index (χ4v) is 2.93. The number of nitrogens with one attached hydrogen (secondary N) is 1. The molecule has 0 aromatic heterocycles. The van der Waals surface area contributed by atoms with Gasteiger partial charge >= 0.3 is 0 Å². The van der Waals surface area contributed by atoms with Crippen molar-refractivity contribution in [2.45, 2.75) is 37.5 Å². The number of hydrogen-bond donors (Lipinski definition) is 1. The largest absolute Gasteiger partial charge is 0.382 e. The van der Waals surface area contributed by atoms with Gasteiger partial charge in [-0.3, -0.25) is 0 Å². The minimum absolute atomic E-state index is 0.154. The topological polar surface area (TPSA) is 30.5 Å². The molecule has 2 aliphatic rings. The number of rotatable bonds is 2. The van der Waals surface area contributed by atoms with Crippen molar-refractivity contribution in [2.75, 3.05) is 18.5 Å². The van der Waals surface area contributed by atoms with Crippen LogP contribution in [0.25, 0.3) is 0 Å². The van der Waals surface area contributed by atoms with Gasteiger partial charge < -0.3 is 14.8 Å². The van der Waals surface area contributed by atoms with Crippen LogP contribution in [0.3, 0.4) is 0 Å². The molecule has 5 heteroatoms. The van der Waals surface area contributed by atoms with Crippen LogP contribution in [0.5, 0.6) is 0 Å². The number of benzene rings is 1. The predicted molar refractivity (Wildman–Crippen MR) is 71.9 cm³/mol. The second-order valence-corrected chi connectivity index (χ2v) is 5.56. The third kappa shape index (κ3) is 2.86. The molecule has 1 aliphatic heterocycles. The van der Waals surface area contributed by atoms with Crippen LogP contribution in [0.1, 0.15) is 25.7 Å². The van der Waals surface area contributed by atoms with Crippen LogP contribution in [-0.4, -0.2) is 25.0 Å². The molecule has 3 rings (SSSR count). The zero-order valence-electron chi connectivity index (χ0n) is 10.6. The number of ether oxygens (including phenoxy) is 2. The molecule has 104 valence electrons. The summed E-state index contributed by atoms with van der Waals surface area (Å²) in [4.78, 5) is 0. The summed E-state index contributed by atoms with van der Waals surface area (Å²) in [5.74, 6) is -0.731. The lowest BCUT2D eigenvalue weighted by Gasteiger charge is -2.36. The molecule has 0 unspecified atom stereocenters. The normalized spacial score (nSPS) is 22.8. The molecule has 1 spiro atoms. The maximum absolute atomic E-state index is 13.4. The third-order valence-electron chi connectivity index (χ3n) is 3.85. The molecule has 1 N–H and O–H groups in total. The fourth-order valence-electron chi connectivity index (χ4n) is 2.81. The molecule has 0 bridgehead atoms. The van der Waals surface area contributed by atoms with Crippen LogP contribution in [0, 0.1) is 5.82 Å². The maximum Gasteiger partial charge on any atom is 0.168 e. The highest BCUT2D eigenvalue weighted by Gasteiger charge is 2.40. The Morgan fingerprint density at radius 3 is 2.53 bits per heavy atom. The zero-order chi connectivity index (χ0) is 13.3. The van der Waals surface area contributed by atoms with Gasteiger partial charge in [0.05, 0.1) is 18.2 Å². The lowest BCUT2D eigenvalue weighted by atomic mass is 9.90. The summed E-state index contributed by atoms with van der Waals surface area (Å²) in [6, 6.07) is 5.15. The number of hydrogen-bond acceptors (Lipinski definition) is 3. The first-order chi connectivity index (χ1) is 9.17. The quantitative estimate of drug-likeness (QED) is 0.901. The van der Waals surface area contributed by atoms with Crippen molar-refractivity contribution in [2.24, 2.45) is 0 Å². The third-order valence-corrected chi connectivity index (χ3v) is 4.16. The SMILES string of the molecule is Fc1cc(NC2CCC3(CC2)OCCO3)ccc1Cl. The summed E-state index contributed by atoms with van der Waals surface area (Å²) in [5.41, 5.74) is 0.774. The zero-order valence-corrected chi connectivity index (χ0v) is 11.4. The lowest BCUT2D eigenvalue weighted by Crippen LogP contribution is -2.39. The van der Waals surface area contributed by atoms with E-state index in [1.165, 1.54) is 6.07 Å². The van der Waals surface area contributed by atoms with Gasteiger partial charge in [0.15, 0.2) is 5.79 Å². The van der Waals surface area contributed by atoms with E-state index in [0.717, 1.165) is 31.4 Å². The van der Waals surface area contributed by atoms with Crippen molar-refractivity contribution >= 4 is 17.3 Å². The first kappa shape index (κ1) is 13.2. The summed E-state index contributed by atoms with van der Waals surface area (Å²) in [7, 11) is 0. The van der Waals surface area contributed by atoms with E-state index >= 15 is 0 Å². The van der Waals surface area contributed by atoms with Crippen LogP contribution in [0.15, 0.2) is 18.2 Å². The van der Waals surface area contributed by atoms with E-state index in [9.17, 15) is 4.39 Å². The molecule has 1 aromatic rings. The average molecular weight is 286 g/mol. The minimum atomic E-state index is -0.388. The van der Waals surface area contributed by atoms with Gasteiger partial charge in [0.1, 0.15) is 5.82 Å². The van der Waals surface area contributed by atoms with Gasteiger partial charge in [-0.25, -0.2) is 4.39 Å². The van der Waals surface area contributed by atoms with Crippen molar-refractivity contribution in [3.8, 4) is 0 Å². The Kier molecular flexibility index (Phi) is 3.65. The van der Waals surface area contributed by atoms with E-state index in [1.807, 2.05) is 0 Å². The summed E-state index contributed by atoms with van der Waals surface area (Å²) in [6.07, 6.45) is 3.70. The molecule has 3 nitrogen and oxygen atoms in total. The van der Waals surface area contributed by atoms with Crippen LogP contribution in [-0.2, 0) is 9.47 Å². The van der Waals surface area contributed by atoms with Gasteiger partial charge in [0.25, 0.3) is 0 Å². The minimum Gasteiger partial charge on any atom is -0.382 e. The van der Waals surface area contributed by atoms with E-state index < -0.39 is 0 Å². The monoisotopic (exact) mass is 285 g/mol. The average Bonchev–Trinajstić information content (AvgIpc) is 2.86. The van der Waals surface area contributed by atoms with Crippen LogP contribution in [0.4, 0.5) is 10.1 Å². The van der Waals surface area contributed by atoms with E-state index in [2.05, 4.69) is 5.32 Å². The molecule has 1 saturated carbocycles. The molecule has 1 saturated heterocycles. The van der Waals surface area contributed by atoms with E-state index in [4.69, 9.17) is 21.1 Å². The van der Waals surface area contributed by atoms with Crippen LogP contribution < -0.4 is 5.32 Å². The number of anilines is 1. The molecule has 1 aromatic carbocycles. The smallest absolute Gasteiger partial charge is 0.168 e. The van der Waals surface area contributed by atoms with Gasteiger partial charge in [0, 0.05) is 24.6 Å². The van der Waals surface area contributed by atoms with E-state index in [1.54, 1.807) is 12.1 Å². The van der Waals surface area contributed by atoms with Gasteiger partial charge in [-0.15, -0.1) is 0 Å². The molecular formula is C14H17ClFNO2. The maximum atomic E-state index is 13.4. The molecule has 1 aliphatic carbocycles. The summed E-state index contributed by atoms with van der Waals surface area (Å²) in [5, 5.41) is 3.50. The second-order valence-electron chi connectivity index (χ2n) is 5.16. The fraction of sp³-hybridized carbons (Fsp3) is 0.571. The summed E-state index contributed by atoms with van der Waals surface area (Å²) in [6.45, 7) is 1.39. The Labute approximate surface area is 117 Å². The first-order valence-electron chi connectivity index (χ1n) is 6.66. The Bertz CT molecular complexity index is 453. The highest BCUT2D eigenvalue weighted by molar-refractivity contribution is 6.30. The Morgan fingerprint density at radius 1 is 1.21 bits per heavy atom. The summed E-state index contributed by atoms with van der Waals surface area (Å²) < 4.78 is 24.7. The summed E-state index contributed by atoms with van der Waals surface area (Å²) >= 11 is 5.67. The van der Waals surface area contributed by atoms with Gasteiger partial charge in [0.2, 0.25) is 0 Å². The molecule has 1 heterocycles. The van der Waals surface area contributed by atoms with E-state index in [0.29, 0.717) is 19.3 Å². The highest BCUT2D eigenvalue weighted by Crippen LogP contribution is 2.36. The molecule has 19 heavy (non-hydrogen) atoms. The van der Waals surface area contributed by atoms with Crippen molar-refractivity contribution in [1.82, 2.24) is 0 Å². The molecule has 2 fully saturated rings. The second kappa shape index (κ2) is 5.27. The van der Waals surface area contributed by atoms with Crippen molar-refractivity contribution in [3.63, 3.8) is 0 Å². The van der Waals surface area contributed by atoms with Crippen LogP contribution >= 0.6 is 11.6 Å². The molecule has 0 amide bonds. The predicted octanol–water partition coefficient (Wildman–Crippen LogP) is 3.58. The molecular weight excluding hydrogens is 269 g/mol. The highest BCUT2D eigenvalue weighted by atomic mass is 35.5. The van der Waals surface area contributed by atoms with E-state index in [-0.39, 0.29) is 16.6 Å². The Morgan fingerprint density at radius 2 is 1.89 bits per heavy atom. The van der Waals surface area contributed by atoms with Crippen molar-refractivity contribution < 1.29 is 13.9 Å². The van der Waals surface area contributed by atoms with Gasteiger partial charge in [-0.2, -0.15) is 0 Å². The van der Waals surface area contributed by atoms with Crippen molar-refractivity contribution in [3.05, 3.63) is 29.0 Å². The van der Waals surface area contributed by atoms with Gasteiger partial charge in [-0.1, -0.05) is 11.6 Å². The van der Waals surface area contributed by atoms with Gasteiger partial charge in [-0.05, 0) is 31.0 Å². The first-order valence-corrected chi connectivity index (χ1v) is 7.04. The Hall–Kier alpha value is -0.840. The Balaban J connectivity index is 1.58. The standard InChI is InChI=1S/C14H17ClFNO2/c15-12-2-1-11(9-13(12)16)17-10-3-5-14(6-4-10)18-7-8-19-14/h1-2,9-10,17H,3-8H2. The lowest BCUT2D eigenvalue weighted by molar-refractivity contribution is -0.177. The number of halogens is 2. The molecule has 0 atom stereocenters. The molecule has 0 radical (unpaired) electrons. The van der Waals surface area contributed by atoms with Crippen molar-refractivity contribution in [1.29, 1.82) is 0 Å². The van der Waals surface area contributed by atoms with Crippen LogP contribution in [0.2, 0.25) is 5.02 Å².